The molecule has 7 nitrogen and oxygen atoms in total. The third kappa shape index (κ3) is 4.02. The molecule has 2 aromatic heterocycles. The third-order valence-corrected chi connectivity index (χ3v) is 5.35. The van der Waals surface area contributed by atoms with Gasteiger partial charge in [0.1, 0.15) is 17.1 Å². The number of hydrogen-bond donors (Lipinski definition) is 1. The summed E-state index contributed by atoms with van der Waals surface area (Å²) in [7, 11) is 0. The second kappa shape index (κ2) is 8.24. The Balaban J connectivity index is 1.60. The molecule has 2 aromatic carbocycles. The summed E-state index contributed by atoms with van der Waals surface area (Å²) in [6.07, 6.45) is 0. The normalized spacial score (nSPS) is 10.8. The smallest absolute Gasteiger partial charge is 0.341 e. The zero-order valence-electron chi connectivity index (χ0n) is 15.7. The van der Waals surface area contributed by atoms with E-state index in [1.165, 1.54) is 16.0 Å². The molecular weight excluding hydrogens is 388 g/mol. The molecule has 0 fully saturated rings. The lowest BCUT2D eigenvalue weighted by molar-refractivity contribution is -0.116. The fourth-order valence-corrected chi connectivity index (χ4v) is 3.99. The quantitative estimate of drug-likeness (QED) is 0.490. The van der Waals surface area contributed by atoms with Gasteiger partial charge in [-0.25, -0.2) is 9.48 Å². The van der Waals surface area contributed by atoms with Crippen molar-refractivity contribution in [1.82, 2.24) is 15.0 Å². The Kier molecular flexibility index (Phi) is 5.35. The van der Waals surface area contributed by atoms with E-state index in [2.05, 4.69) is 15.6 Å². The molecule has 0 atom stereocenters. The maximum Gasteiger partial charge on any atom is 0.341 e. The first-order chi connectivity index (χ1) is 14.2. The Hall–Kier alpha value is -3.52. The van der Waals surface area contributed by atoms with Gasteiger partial charge in [-0.3, -0.25) is 4.79 Å². The number of nitrogens with one attached hydrogen (secondary N) is 1. The van der Waals surface area contributed by atoms with Gasteiger partial charge in [0.15, 0.2) is 0 Å². The number of nitrogens with zero attached hydrogens (tertiary/aromatic N) is 3. The number of esters is 1. The van der Waals surface area contributed by atoms with Crippen molar-refractivity contribution < 1.29 is 14.3 Å². The van der Waals surface area contributed by atoms with Crippen LogP contribution in [0.3, 0.4) is 0 Å². The van der Waals surface area contributed by atoms with Gasteiger partial charge in [-0.15, -0.1) is 16.4 Å². The molecule has 1 amide bonds. The molecule has 4 rings (SSSR count). The minimum atomic E-state index is -0.465. The molecule has 0 spiro atoms. The molecule has 2 heterocycles. The molecule has 0 aliphatic rings. The van der Waals surface area contributed by atoms with Crippen LogP contribution in [0.4, 0.5) is 5.00 Å². The number of thiophene rings is 1. The van der Waals surface area contributed by atoms with Crippen molar-refractivity contribution >= 4 is 39.2 Å². The van der Waals surface area contributed by atoms with Gasteiger partial charge in [0.05, 0.1) is 17.7 Å². The topological polar surface area (TPSA) is 86.1 Å². The van der Waals surface area contributed by atoms with Gasteiger partial charge in [-0.05, 0) is 30.7 Å². The van der Waals surface area contributed by atoms with Crippen LogP contribution in [-0.4, -0.2) is 33.5 Å². The average molecular weight is 406 g/mol. The molecule has 8 heteroatoms. The van der Waals surface area contributed by atoms with Crippen molar-refractivity contribution in [1.29, 1.82) is 0 Å². The molecular formula is C21H18N4O3S. The summed E-state index contributed by atoms with van der Waals surface area (Å²) in [6, 6.07) is 18.8. The van der Waals surface area contributed by atoms with Crippen LogP contribution < -0.4 is 5.32 Å². The van der Waals surface area contributed by atoms with Crippen molar-refractivity contribution in [3.8, 4) is 10.4 Å². The van der Waals surface area contributed by atoms with Gasteiger partial charge in [-0.2, -0.15) is 0 Å². The SMILES string of the molecule is CCOC(=O)c1cc(-c2ccccc2)sc1NC(=O)Cn1nnc2ccccc21. The summed E-state index contributed by atoms with van der Waals surface area (Å²) in [5.74, 6) is -0.764. The number of fused-ring (bicyclic) bond motifs is 1. The number of carbonyl (C=O) groups is 2. The van der Waals surface area contributed by atoms with Crippen molar-refractivity contribution in [3.05, 3.63) is 66.2 Å². The highest BCUT2D eigenvalue weighted by Gasteiger charge is 2.20. The summed E-state index contributed by atoms with van der Waals surface area (Å²) >= 11 is 1.33. The van der Waals surface area contributed by atoms with Crippen LogP contribution in [0.15, 0.2) is 60.7 Å². The number of benzene rings is 2. The van der Waals surface area contributed by atoms with Crippen LogP contribution in [0, 0.1) is 0 Å². The van der Waals surface area contributed by atoms with E-state index in [-0.39, 0.29) is 19.1 Å². The van der Waals surface area contributed by atoms with E-state index < -0.39 is 5.97 Å². The number of anilines is 1. The minimum absolute atomic E-state index is 0.0126. The van der Waals surface area contributed by atoms with Crippen LogP contribution >= 0.6 is 11.3 Å². The molecule has 0 bridgehead atoms. The molecule has 4 aromatic rings. The maximum atomic E-state index is 12.7. The highest BCUT2D eigenvalue weighted by molar-refractivity contribution is 7.20. The Bertz CT molecular complexity index is 1170. The van der Waals surface area contributed by atoms with E-state index in [9.17, 15) is 9.59 Å². The van der Waals surface area contributed by atoms with E-state index >= 15 is 0 Å². The number of rotatable bonds is 6. The number of para-hydroxylation sites is 1. The first kappa shape index (κ1) is 18.8. The zero-order valence-corrected chi connectivity index (χ0v) is 16.5. The lowest BCUT2D eigenvalue weighted by Crippen LogP contribution is -2.20. The standard InChI is InChI=1S/C21H18N4O3S/c1-2-28-21(27)15-12-18(14-8-4-3-5-9-14)29-20(15)22-19(26)13-25-17-11-7-6-10-16(17)23-24-25/h3-12H,2,13H2,1H3,(H,22,26). The maximum absolute atomic E-state index is 12.7. The first-order valence-corrected chi connectivity index (χ1v) is 9.92. The van der Waals surface area contributed by atoms with Gasteiger partial charge in [0.25, 0.3) is 0 Å². The summed E-state index contributed by atoms with van der Waals surface area (Å²) in [5.41, 5.74) is 2.79. The minimum Gasteiger partial charge on any atom is -0.462 e. The Morgan fingerprint density at radius 1 is 1.10 bits per heavy atom. The summed E-state index contributed by atoms with van der Waals surface area (Å²) in [5, 5.41) is 11.4. The highest BCUT2D eigenvalue weighted by atomic mass is 32.1. The average Bonchev–Trinajstić information content (AvgIpc) is 3.34. The molecule has 0 saturated heterocycles. The monoisotopic (exact) mass is 406 g/mol. The molecule has 146 valence electrons. The predicted molar refractivity (Wildman–Crippen MR) is 112 cm³/mol. The van der Waals surface area contributed by atoms with Gasteiger partial charge in [0.2, 0.25) is 5.91 Å². The first-order valence-electron chi connectivity index (χ1n) is 9.10. The van der Waals surface area contributed by atoms with Crippen LogP contribution in [0.5, 0.6) is 0 Å². The fraction of sp³-hybridized carbons (Fsp3) is 0.143. The highest BCUT2D eigenvalue weighted by Crippen LogP contribution is 2.36. The molecule has 0 saturated carbocycles. The second-order valence-electron chi connectivity index (χ2n) is 6.22. The third-order valence-electron chi connectivity index (χ3n) is 4.25. The van der Waals surface area contributed by atoms with Gasteiger partial charge >= 0.3 is 5.97 Å². The van der Waals surface area contributed by atoms with Crippen molar-refractivity contribution in [2.45, 2.75) is 13.5 Å². The molecule has 0 aliphatic heterocycles. The number of aromatic nitrogens is 3. The number of hydrogen-bond acceptors (Lipinski definition) is 6. The van der Waals surface area contributed by atoms with Gasteiger partial charge < -0.3 is 10.1 Å². The number of carbonyl (C=O) groups excluding carboxylic acids is 2. The fourth-order valence-electron chi connectivity index (χ4n) is 2.93. The zero-order chi connectivity index (χ0) is 20.2. The van der Waals surface area contributed by atoms with E-state index in [1.807, 2.05) is 54.6 Å². The molecule has 0 aliphatic carbocycles. The molecule has 1 N–H and O–H groups in total. The van der Waals surface area contributed by atoms with Crippen LogP contribution in [0.1, 0.15) is 17.3 Å². The van der Waals surface area contributed by atoms with Gasteiger partial charge in [-0.1, -0.05) is 47.7 Å². The molecule has 29 heavy (non-hydrogen) atoms. The Morgan fingerprint density at radius 3 is 2.66 bits per heavy atom. The van der Waals surface area contributed by atoms with E-state index in [1.54, 1.807) is 13.0 Å². The summed E-state index contributed by atoms with van der Waals surface area (Å²) in [4.78, 5) is 25.9. The lowest BCUT2D eigenvalue weighted by atomic mass is 10.1. The van der Waals surface area contributed by atoms with Gasteiger partial charge in [0, 0.05) is 4.88 Å². The van der Waals surface area contributed by atoms with Crippen molar-refractivity contribution in [2.75, 3.05) is 11.9 Å². The second-order valence-corrected chi connectivity index (χ2v) is 7.28. The summed E-state index contributed by atoms with van der Waals surface area (Å²) in [6.45, 7) is 1.99. The number of ether oxygens (including phenoxy) is 1. The molecule has 0 radical (unpaired) electrons. The van der Waals surface area contributed by atoms with Crippen molar-refractivity contribution in [3.63, 3.8) is 0 Å². The molecule has 0 unspecified atom stereocenters. The number of amides is 1. The summed E-state index contributed by atoms with van der Waals surface area (Å²) < 4.78 is 6.68. The van der Waals surface area contributed by atoms with Crippen molar-refractivity contribution in [2.24, 2.45) is 0 Å². The Labute approximate surface area is 170 Å². The van der Waals surface area contributed by atoms with Crippen LogP contribution in [-0.2, 0) is 16.1 Å². The van der Waals surface area contributed by atoms with E-state index in [0.717, 1.165) is 21.5 Å². The van der Waals surface area contributed by atoms with Crippen LogP contribution in [0.25, 0.3) is 21.5 Å². The predicted octanol–water partition coefficient (Wildman–Crippen LogP) is 3.98. The Morgan fingerprint density at radius 2 is 1.86 bits per heavy atom. The van der Waals surface area contributed by atoms with E-state index in [4.69, 9.17) is 4.74 Å². The van der Waals surface area contributed by atoms with Crippen LogP contribution in [0.2, 0.25) is 0 Å². The van der Waals surface area contributed by atoms with E-state index in [0.29, 0.717) is 10.6 Å². The lowest BCUT2D eigenvalue weighted by Gasteiger charge is -2.06. The largest absolute Gasteiger partial charge is 0.462 e.